The van der Waals surface area contributed by atoms with Crippen molar-refractivity contribution >= 4 is 17.5 Å². The van der Waals surface area contributed by atoms with Crippen LogP contribution < -0.4 is 4.74 Å². The normalized spacial score (nSPS) is 23.2. The Kier molecular flexibility index (Phi) is 5.70. The fourth-order valence-electron chi connectivity index (χ4n) is 2.72. The number of benzene rings is 1. The van der Waals surface area contributed by atoms with Crippen molar-refractivity contribution in [2.45, 2.75) is 52.4 Å². The van der Waals surface area contributed by atoms with Gasteiger partial charge in [0.1, 0.15) is 5.75 Å². The molecule has 3 atom stereocenters. The highest BCUT2D eigenvalue weighted by Crippen LogP contribution is 2.27. The van der Waals surface area contributed by atoms with Crippen molar-refractivity contribution in [2.75, 3.05) is 13.1 Å². The second-order valence-electron chi connectivity index (χ2n) is 5.95. The summed E-state index contributed by atoms with van der Waals surface area (Å²) in [6.45, 7) is 9.08. The zero-order valence-corrected chi connectivity index (χ0v) is 14.4. The Hall–Kier alpha value is -1.26. The lowest BCUT2D eigenvalue weighted by Crippen LogP contribution is -2.52. The third kappa shape index (κ3) is 4.14. The number of carbonyl (C=O) groups is 1. The van der Waals surface area contributed by atoms with Crippen LogP contribution in [0.2, 0.25) is 5.02 Å². The second-order valence-corrected chi connectivity index (χ2v) is 6.36. The molecule has 2 rings (SSSR count). The topological polar surface area (TPSA) is 38.8 Å². The van der Waals surface area contributed by atoms with Gasteiger partial charge in [-0.1, -0.05) is 24.6 Å². The summed E-state index contributed by atoms with van der Waals surface area (Å²) in [6, 6.07) is 5.58. The van der Waals surface area contributed by atoms with Crippen LogP contribution in [0.4, 0.5) is 0 Å². The largest absolute Gasteiger partial charge is 0.479 e. The minimum Gasteiger partial charge on any atom is -0.479 e. The van der Waals surface area contributed by atoms with Crippen LogP contribution >= 0.6 is 11.6 Å². The highest BCUT2D eigenvalue weighted by Gasteiger charge is 2.31. The van der Waals surface area contributed by atoms with Gasteiger partial charge >= 0.3 is 0 Å². The number of carbonyl (C=O) groups excluding carboxylic acids is 1. The predicted molar refractivity (Wildman–Crippen MR) is 87.5 cm³/mol. The first-order valence-corrected chi connectivity index (χ1v) is 8.15. The molecule has 0 N–H and O–H groups in total. The Balaban J connectivity index is 2.10. The van der Waals surface area contributed by atoms with Gasteiger partial charge in [0.15, 0.2) is 6.10 Å². The Labute approximate surface area is 137 Å². The van der Waals surface area contributed by atoms with Gasteiger partial charge in [0, 0.05) is 13.1 Å². The summed E-state index contributed by atoms with van der Waals surface area (Å²) in [6.07, 6.45) is 0.181. The van der Waals surface area contributed by atoms with Crippen LogP contribution in [0.15, 0.2) is 18.2 Å². The molecule has 1 aromatic carbocycles. The molecule has 1 fully saturated rings. The standard InChI is InChI=1S/C17H24ClNO3/c1-5-15(22-16-8-11(2)6-7-14(16)18)17(20)19-9-12(3)21-13(4)10-19/h6-8,12-13,15H,5,9-10H2,1-4H3/t12-,13-,15+/m1/s1. The molecule has 0 aliphatic carbocycles. The van der Waals surface area contributed by atoms with E-state index in [9.17, 15) is 4.79 Å². The summed E-state index contributed by atoms with van der Waals surface area (Å²) >= 11 is 6.16. The number of rotatable bonds is 4. The van der Waals surface area contributed by atoms with Crippen LogP contribution in [0.1, 0.15) is 32.8 Å². The average Bonchev–Trinajstić information content (AvgIpc) is 2.46. The number of nitrogens with zero attached hydrogens (tertiary/aromatic N) is 1. The van der Waals surface area contributed by atoms with Crippen LogP contribution in [0, 0.1) is 6.92 Å². The van der Waals surface area contributed by atoms with Crippen LogP contribution in [0.3, 0.4) is 0 Å². The van der Waals surface area contributed by atoms with Gasteiger partial charge in [0.05, 0.1) is 17.2 Å². The first kappa shape index (κ1) is 17.1. The Morgan fingerprint density at radius 1 is 1.41 bits per heavy atom. The van der Waals surface area contributed by atoms with Crippen molar-refractivity contribution in [3.8, 4) is 5.75 Å². The number of halogens is 1. The Morgan fingerprint density at radius 2 is 2.05 bits per heavy atom. The lowest BCUT2D eigenvalue weighted by Gasteiger charge is -2.37. The van der Waals surface area contributed by atoms with E-state index in [2.05, 4.69) is 0 Å². The summed E-state index contributed by atoms with van der Waals surface area (Å²) in [5, 5.41) is 0.528. The number of aryl methyl sites for hydroxylation is 1. The Bertz CT molecular complexity index is 525. The van der Waals surface area contributed by atoms with Gasteiger partial charge in [-0.3, -0.25) is 4.79 Å². The van der Waals surface area contributed by atoms with Crippen molar-refractivity contribution in [1.29, 1.82) is 0 Å². The van der Waals surface area contributed by atoms with Gasteiger partial charge in [0.25, 0.3) is 5.91 Å². The molecule has 1 aliphatic rings. The number of morpholine rings is 1. The number of amides is 1. The molecule has 0 bridgehead atoms. The van der Waals surface area contributed by atoms with Gasteiger partial charge in [-0.15, -0.1) is 0 Å². The maximum Gasteiger partial charge on any atom is 0.263 e. The molecule has 1 aliphatic heterocycles. The van der Waals surface area contributed by atoms with E-state index in [0.29, 0.717) is 30.3 Å². The molecule has 122 valence electrons. The molecule has 4 nitrogen and oxygen atoms in total. The maximum absolute atomic E-state index is 12.7. The molecule has 5 heteroatoms. The summed E-state index contributed by atoms with van der Waals surface area (Å²) in [7, 11) is 0. The summed E-state index contributed by atoms with van der Waals surface area (Å²) < 4.78 is 11.6. The molecule has 1 heterocycles. The monoisotopic (exact) mass is 325 g/mol. The van der Waals surface area contributed by atoms with E-state index in [-0.39, 0.29) is 18.1 Å². The average molecular weight is 326 g/mol. The van der Waals surface area contributed by atoms with E-state index in [1.54, 1.807) is 6.07 Å². The van der Waals surface area contributed by atoms with Gasteiger partial charge in [-0.2, -0.15) is 0 Å². The molecule has 0 spiro atoms. The van der Waals surface area contributed by atoms with E-state index in [1.807, 2.05) is 44.7 Å². The van der Waals surface area contributed by atoms with E-state index in [0.717, 1.165) is 5.56 Å². The fraction of sp³-hybridized carbons (Fsp3) is 0.588. The maximum atomic E-state index is 12.7. The molecule has 22 heavy (non-hydrogen) atoms. The van der Waals surface area contributed by atoms with Gasteiger partial charge in [0.2, 0.25) is 0 Å². The molecule has 0 saturated carbocycles. The molecule has 0 aromatic heterocycles. The van der Waals surface area contributed by atoms with Crippen LogP contribution in [-0.4, -0.2) is 42.2 Å². The molecular weight excluding hydrogens is 302 g/mol. The smallest absolute Gasteiger partial charge is 0.263 e. The molecule has 0 radical (unpaired) electrons. The lowest BCUT2D eigenvalue weighted by molar-refractivity contribution is -0.150. The second kappa shape index (κ2) is 7.34. The minimum absolute atomic E-state index is 0.00192. The molecule has 0 unspecified atom stereocenters. The lowest BCUT2D eigenvalue weighted by atomic mass is 10.1. The minimum atomic E-state index is -0.517. The Morgan fingerprint density at radius 3 is 2.64 bits per heavy atom. The predicted octanol–water partition coefficient (Wildman–Crippen LogP) is 3.44. The van der Waals surface area contributed by atoms with Crippen molar-refractivity contribution in [1.82, 2.24) is 4.90 Å². The molecule has 1 amide bonds. The number of hydrogen-bond acceptors (Lipinski definition) is 3. The third-order valence-electron chi connectivity index (χ3n) is 3.73. The quantitative estimate of drug-likeness (QED) is 0.851. The third-order valence-corrected chi connectivity index (χ3v) is 4.05. The zero-order valence-electron chi connectivity index (χ0n) is 13.6. The molecule has 1 saturated heterocycles. The van der Waals surface area contributed by atoms with Gasteiger partial charge < -0.3 is 14.4 Å². The SMILES string of the molecule is CC[C@H](Oc1cc(C)ccc1Cl)C(=O)N1C[C@@H](C)O[C@H](C)C1. The van der Waals surface area contributed by atoms with Crippen molar-refractivity contribution < 1.29 is 14.3 Å². The van der Waals surface area contributed by atoms with Crippen LogP contribution in [-0.2, 0) is 9.53 Å². The van der Waals surface area contributed by atoms with Gasteiger partial charge in [-0.25, -0.2) is 0 Å². The van der Waals surface area contributed by atoms with Gasteiger partial charge in [-0.05, 0) is 44.9 Å². The van der Waals surface area contributed by atoms with Crippen molar-refractivity contribution in [3.63, 3.8) is 0 Å². The van der Waals surface area contributed by atoms with E-state index >= 15 is 0 Å². The fourth-order valence-corrected chi connectivity index (χ4v) is 2.89. The van der Waals surface area contributed by atoms with Crippen molar-refractivity contribution in [3.05, 3.63) is 28.8 Å². The van der Waals surface area contributed by atoms with Crippen LogP contribution in [0.25, 0.3) is 0 Å². The van der Waals surface area contributed by atoms with E-state index in [4.69, 9.17) is 21.1 Å². The van der Waals surface area contributed by atoms with Crippen LogP contribution in [0.5, 0.6) is 5.75 Å². The van der Waals surface area contributed by atoms with E-state index < -0.39 is 6.10 Å². The highest BCUT2D eigenvalue weighted by atomic mass is 35.5. The highest BCUT2D eigenvalue weighted by molar-refractivity contribution is 6.32. The summed E-state index contributed by atoms with van der Waals surface area (Å²) in [5.41, 5.74) is 1.05. The summed E-state index contributed by atoms with van der Waals surface area (Å²) in [4.78, 5) is 14.6. The van der Waals surface area contributed by atoms with Crippen molar-refractivity contribution in [2.24, 2.45) is 0 Å². The molecule has 1 aromatic rings. The first-order valence-electron chi connectivity index (χ1n) is 7.77. The van der Waals surface area contributed by atoms with E-state index in [1.165, 1.54) is 0 Å². The number of ether oxygens (including phenoxy) is 2. The number of hydrogen-bond donors (Lipinski definition) is 0. The zero-order chi connectivity index (χ0) is 16.3. The summed E-state index contributed by atoms with van der Waals surface area (Å²) in [5.74, 6) is 0.568. The first-order chi connectivity index (χ1) is 10.4. The molecular formula is C17H24ClNO3.